The van der Waals surface area contributed by atoms with E-state index in [-0.39, 0.29) is 62.4 Å². The normalized spacial score (nSPS) is 20.3. The third kappa shape index (κ3) is 12.8. The molecule has 434 valence electrons. The number of carbonyl (C=O) groups excluding carboxylic acids is 4. The SMILES string of the molecule is C[C@H](NC(=O)[C@@H]1C[C@@H](O)CN1C(=O)[C@@H](NC(=O)CN1CCN(CC2CCN(c3ccc(-c4cnc5[nH]cc(C(=O)c6c(F)ccc(N(N7CC[C@@H](F)C7)[SH](=O)=O)c6F)c5c4)cc3)CC2)CC1)C(C)(C)C)c1ccc(-c2ccncc2)cc1. The summed E-state index contributed by atoms with van der Waals surface area (Å²) in [5.74, 6) is -4.11. The van der Waals surface area contributed by atoms with Gasteiger partial charge < -0.3 is 35.4 Å². The van der Waals surface area contributed by atoms with Crippen molar-refractivity contribution < 1.29 is 45.9 Å². The first-order chi connectivity index (χ1) is 39.3. The average Bonchev–Trinajstić information content (AvgIpc) is 4.26. The van der Waals surface area contributed by atoms with Crippen LogP contribution in [0.15, 0.2) is 104 Å². The van der Waals surface area contributed by atoms with E-state index < -0.39 is 75.2 Å². The number of thiol groups is 1. The molecule has 22 heteroatoms. The number of aromatic amines is 1. The number of pyridine rings is 2. The quantitative estimate of drug-likeness (QED) is 0.0503. The predicted octanol–water partition coefficient (Wildman–Crippen LogP) is 6.30. The Hall–Kier alpha value is -7.24. The third-order valence-electron chi connectivity index (χ3n) is 16.4. The Labute approximate surface area is 476 Å². The molecular formula is C60H70F3N11O7S. The Morgan fingerprint density at radius 1 is 0.817 bits per heavy atom. The molecule has 4 saturated heterocycles. The first kappa shape index (κ1) is 58.0. The van der Waals surface area contributed by atoms with Gasteiger partial charge in [-0.15, -0.1) is 0 Å². The summed E-state index contributed by atoms with van der Waals surface area (Å²) in [6.07, 6.45) is 6.36. The molecule has 18 nitrogen and oxygen atoms in total. The van der Waals surface area contributed by atoms with E-state index in [1.54, 1.807) is 24.7 Å². The number of H-pyrrole nitrogens is 1. The van der Waals surface area contributed by atoms with E-state index in [1.807, 2.05) is 88.4 Å². The fourth-order valence-electron chi connectivity index (χ4n) is 11.8. The Kier molecular flexibility index (Phi) is 17.5. The molecule has 5 atom stereocenters. The van der Waals surface area contributed by atoms with E-state index in [1.165, 1.54) is 11.1 Å². The lowest BCUT2D eigenvalue weighted by Crippen LogP contribution is -2.59. The third-order valence-corrected chi connectivity index (χ3v) is 17.2. The standard InChI is InChI=1S/C60H70F3N11O7S/c1-37(39-5-7-40(8-6-39)42-15-20-64-21-16-42)67-58(78)51-30-46(75)35-73(51)59(79)56(60(2,3)4)68-52(76)36-70-27-25-69(26-28-70)33-38-17-22-71(23-18-38)45-11-9-41(10-12-45)43-29-47-48(32-66-57(47)65-31-43)55(77)53-49(62)13-14-50(54(53)63)74(82(80)81)72-24-19-44(61)34-72/h5-16,20-21,29,31-32,37-38,44,46,51,56,75,82H,17-19,22-28,30,33-36H2,1-4H3,(H,65,66)(H,67,78)(H,68,76)/t37-,44+,46+,51-,56+/m0/s1. The summed E-state index contributed by atoms with van der Waals surface area (Å²) >= 11 is 0. The van der Waals surface area contributed by atoms with E-state index in [9.17, 15) is 37.1 Å². The molecule has 0 aliphatic carbocycles. The Bertz CT molecular complexity index is 3360. The molecule has 6 aromatic rings. The number of likely N-dealkylation sites (tertiary alicyclic amines) is 1. The molecule has 4 fully saturated rings. The number of nitrogens with zero attached hydrogens (tertiary/aromatic N) is 8. The van der Waals surface area contributed by atoms with Crippen molar-refractivity contribution in [1.29, 1.82) is 0 Å². The fourth-order valence-corrected chi connectivity index (χ4v) is 12.5. The number of rotatable bonds is 17. The number of carbonyl (C=O) groups is 4. The van der Waals surface area contributed by atoms with Crippen LogP contribution in [0.3, 0.4) is 0 Å². The number of ketones is 1. The molecule has 7 heterocycles. The van der Waals surface area contributed by atoms with Crippen LogP contribution in [0.25, 0.3) is 33.3 Å². The van der Waals surface area contributed by atoms with Crippen LogP contribution in [-0.4, -0.2) is 168 Å². The minimum absolute atomic E-state index is 0.00459. The number of hydrogen-bond acceptors (Lipinski definition) is 13. The van der Waals surface area contributed by atoms with Gasteiger partial charge in [-0.25, -0.2) is 31.6 Å². The largest absolute Gasteiger partial charge is 0.391 e. The van der Waals surface area contributed by atoms with E-state index >= 15 is 8.78 Å². The summed E-state index contributed by atoms with van der Waals surface area (Å²) in [6.45, 7) is 13.0. The maximum atomic E-state index is 16.1. The monoisotopic (exact) mass is 1150 g/mol. The maximum absolute atomic E-state index is 16.1. The van der Waals surface area contributed by atoms with Crippen LogP contribution in [0.4, 0.5) is 24.5 Å². The van der Waals surface area contributed by atoms with E-state index in [0.29, 0.717) is 40.0 Å². The van der Waals surface area contributed by atoms with Gasteiger partial charge >= 0.3 is 0 Å². The second-order valence-corrected chi connectivity index (χ2v) is 24.0. The number of benzene rings is 3. The number of β-amino-alcohol motifs (C(OH)–C–C–N with tert-alkyl or cyclic N) is 1. The Morgan fingerprint density at radius 3 is 2.13 bits per heavy atom. The van der Waals surface area contributed by atoms with E-state index in [4.69, 9.17) is 0 Å². The topological polar surface area (TPSA) is 208 Å². The molecule has 0 unspecified atom stereocenters. The molecule has 82 heavy (non-hydrogen) atoms. The van der Waals surface area contributed by atoms with Gasteiger partial charge in [0, 0.05) is 112 Å². The fraction of sp³-hybridized carbons (Fsp3) is 0.433. The zero-order chi connectivity index (χ0) is 58.0. The smallest absolute Gasteiger partial charge is 0.246 e. The molecule has 4 N–H and O–H groups in total. The first-order valence-electron chi connectivity index (χ1n) is 28.0. The highest BCUT2D eigenvalue weighted by molar-refractivity contribution is 7.73. The number of alkyl halides is 1. The van der Waals surface area contributed by atoms with Crippen LogP contribution in [0.5, 0.6) is 0 Å². The lowest BCUT2D eigenvalue weighted by Gasteiger charge is -2.39. The van der Waals surface area contributed by atoms with Gasteiger partial charge in [0.1, 0.15) is 35.4 Å². The molecule has 0 radical (unpaired) electrons. The maximum Gasteiger partial charge on any atom is 0.246 e. The number of fused-ring (bicyclic) bond motifs is 1. The van der Waals surface area contributed by atoms with Crippen LogP contribution in [-0.2, 0) is 25.3 Å². The zero-order valence-electron chi connectivity index (χ0n) is 46.4. The highest BCUT2D eigenvalue weighted by Crippen LogP contribution is 2.34. The first-order valence-corrected chi connectivity index (χ1v) is 29.1. The number of piperidine rings is 1. The van der Waals surface area contributed by atoms with Gasteiger partial charge in [0.05, 0.1) is 30.8 Å². The number of nitrogens with one attached hydrogen (secondary N) is 3. The number of halogens is 3. The number of piperazine rings is 1. The molecule has 10 rings (SSSR count). The molecule has 3 aromatic carbocycles. The lowest BCUT2D eigenvalue weighted by atomic mass is 9.85. The number of amides is 3. The van der Waals surface area contributed by atoms with Crippen molar-refractivity contribution in [3.05, 3.63) is 132 Å². The molecular weight excluding hydrogens is 1080 g/mol. The summed E-state index contributed by atoms with van der Waals surface area (Å²) < 4.78 is 70.5. The number of aliphatic hydroxyl groups excluding tert-OH is 1. The molecule has 3 amide bonds. The average molecular weight is 1150 g/mol. The van der Waals surface area contributed by atoms with Crippen LogP contribution in [0.2, 0.25) is 0 Å². The van der Waals surface area contributed by atoms with Crippen molar-refractivity contribution in [2.45, 2.75) is 83.8 Å². The second-order valence-electron chi connectivity index (χ2n) is 23.1. The minimum atomic E-state index is -3.50. The van der Waals surface area contributed by atoms with Crippen molar-refractivity contribution in [3.8, 4) is 22.3 Å². The number of aromatic nitrogens is 3. The van der Waals surface area contributed by atoms with Gasteiger partial charge in [0.2, 0.25) is 34.4 Å². The Balaban J connectivity index is 0.687. The summed E-state index contributed by atoms with van der Waals surface area (Å²) in [7, 11) is -3.50. The number of anilines is 2. The number of aliphatic hydroxyl groups is 1. The van der Waals surface area contributed by atoms with Gasteiger partial charge in [-0.2, -0.15) is 4.41 Å². The van der Waals surface area contributed by atoms with Crippen LogP contribution < -0.4 is 19.9 Å². The highest BCUT2D eigenvalue weighted by atomic mass is 32.2. The van der Waals surface area contributed by atoms with Gasteiger partial charge in [-0.05, 0) is 102 Å². The molecule has 3 aromatic heterocycles. The minimum Gasteiger partial charge on any atom is -0.391 e. The second kappa shape index (κ2) is 24.7. The van der Waals surface area contributed by atoms with Crippen molar-refractivity contribution in [1.82, 2.24) is 45.3 Å². The van der Waals surface area contributed by atoms with Crippen LogP contribution in [0.1, 0.15) is 80.9 Å². The zero-order valence-corrected chi connectivity index (χ0v) is 47.3. The molecule has 4 aliphatic rings. The van der Waals surface area contributed by atoms with Gasteiger partial charge in [-0.3, -0.25) is 29.1 Å². The summed E-state index contributed by atoms with van der Waals surface area (Å²) in [6, 6.07) is 21.0. The van der Waals surface area contributed by atoms with Gasteiger partial charge in [-0.1, -0.05) is 57.2 Å². The lowest BCUT2D eigenvalue weighted by molar-refractivity contribution is -0.144. The molecule has 0 bridgehead atoms. The predicted molar refractivity (Wildman–Crippen MR) is 307 cm³/mol. The van der Waals surface area contributed by atoms with Crippen LogP contribution in [0, 0.1) is 23.0 Å². The van der Waals surface area contributed by atoms with Gasteiger partial charge in [0.25, 0.3) is 0 Å². The van der Waals surface area contributed by atoms with E-state index in [0.717, 1.165) is 90.6 Å². The molecule has 4 aliphatic heterocycles. The summed E-state index contributed by atoms with van der Waals surface area (Å²) in [5, 5.41) is 18.3. The van der Waals surface area contributed by atoms with Crippen molar-refractivity contribution in [2.75, 3.05) is 81.3 Å². The van der Waals surface area contributed by atoms with E-state index in [2.05, 4.69) is 40.3 Å². The molecule has 0 saturated carbocycles. The highest BCUT2D eigenvalue weighted by Gasteiger charge is 2.45. The number of hydrogen-bond donors (Lipinski definition) is 5. The van der Waals surface area contributed by atoms with Gasteiger partial charge in [0.15, 0.2) is 5.82 Å². The summed E-state index contributed by atoms with van der Waals surface area (Å²) in [4.78, 5) is 75.5. The molecule has 0 spiro atoms. The Morgan fingerprint density at radius 2 is 1.48 bits per heavy atom. The van der Waals surface area contributed by atoms with Crippen molar-refractivity contribution >= 4 is 56.8 Å². The number of hydrazine groups is 1. The van der Waals surface area contributed by atoms with Crippen molar-refractivity contribution in [3.63, 3.8) is 0 Å². The van der Waals surface area contributed by atoms with Crippen LogP contribution >= 0.6 is 0 Å². The van der Waals surface area contributed by atoms with Crippen molar-refractivity contribution in [2.24, 2.45) is 11.3 Å². The summed E-state index contributed by atoms with van der Waals surface area (Å²) in [5.41, 5.74) is 3.52.